The van der Waals surface area contributed by atoms with Gasteiger partial charge in [-0.15, -0.1) is 0 Å². The number of carbonyl (C=O) groups excluding carboxylic acids is 1. The van der Waals surface area contributed by atoms with Crippen molar-refractivity contribution in [1.82, 2.24) is 19.6 Å². The van der Waals surface area contributed by atoms with Crippen molar-refractivity contribution in [2.75, 3.05) is 5.32 Å². The van der Waals surface area contributed by atoms with E-state index in [0.717, 1.165) is 12.8 Å². The van der Waals surface area contributed by atoms with Gasteiger partial charge in [0.25, 0.3) is 0 Å². The molecule has 0 spiro atoms. The van der Waals surface area contributed by atoms with E-state index >= 15 is 0 Å². The first kappa shape index (κ1) is 21.1. The van der Waals surface area contributed by atoms with Crippen LogP contribution in [0, 0.1) is 5.82 Å². The summed E-state index contributed by atoms with van der Waals surface area (Å²) in [6.45, 7) is -0.138. The average Bonchev–Trinajstić information content (AvgIpc) is 3.19. The van der Waals surface area contributed by atoms with E-state index < -0.39 is 17.8 Å². The maximum atomic E-state index is 13.8. The topological polar surface area (TPSA) is 64.7 Å². The molecule has 1 N–H and O–H groups in total. The molecule has 4 rings (SSSR count). The van der Waals surface area contributed by atoms with Gasteiger partial charge in [-0.2, -0.15) is 23.4 Å². The van der Waals surface area contributed by atoms with Gasteiger partial charge in [-0.1, -0.05) is 24.6 Å². The molecule has 6 nitrogen and oxygen atoms in total. The van der Waals surface area contributed by atoms with E-state index in [9.17, 15) is 22.4 Å². The van der Waals surface area contributed by atoms with Crippen molar-refractivity contribution in [1.29, 1.82) is 0 Å². The maximum absolute atomic E-state index is 13.8. The molecular formula is C21H21F4N5O. The van der Waals surface area contributed by atoms with Crippen LogP contribution < -0.4 is 5.32 Å². The number of hydrogen-bond acceptors (Lipinski definition) is 3. The highest BCUT2D eigenvalue weighted by atomic mass is 19.4. The molecule has 0 radical (unpaired) electrons. The van der Waals surface area contributed by atoms with Crippen LogP contribution in [0.15, 0.2) is 36.7 Å². The third kappa shape index (κ3) is 4.78. The first-order valence-electron chi connectivity index (χ1n) is 10.0. The second-order valence-corrected chi connectivity index (χ2v) is 7.56. The smallest absolute Gasteiger partial charge is 0.322 e. The Kier molecular flexibility index (Phi) is 5.79. The number of fused-ring (bicyclic) bond motifs is 1. The van der Waals surface area contributed by atoms with Crippen LogP contribution >= 0.6 is 0 Å². The molecule has 0 aliphatic heterocycles. The second kappa shape index (κ2) is 8.52. The van der Waals surface area contributed by atoms with Crippen LogP contribution in [0.1, 0.15) is 41.8 Å². The zero-order valence-corrected chi connectivity index (χ0v) is 16.6. The van der Waals surface area contributed by atoms with E-state index in [1.807, 2.05) is 0 Å². The van der Waals surface area contributed by atoms with Crippen LogP contribution in [-0.4, -0.2) is 25.5 Å². The number of anilines is 1. The van der Waals surface area contributed by atoms with Crippen LogP contribution in [0.25, 0.3) is 0 Å². The molecular weight excluding hydrogens is 414 g/mol. The first-order valence-corrected chi connectivity index (χ1v) is 10.0. The van der Waals surface area contributed by atoms with E-state index in [1.54, 1.807) is 18.2 Å². The molecule has 164 valence electrons. The SMILES string of the molecule is O=C(Cn1nc(C(F)(F)F)c2c1CCCCC2)Nc1cnn(Cc2ccccc2F)c1. The fraction of sp³-hybridized carbons (Fsp3) is 0.381. The molecule has 1 aliphatic carbocycles. The van der Waals surface area contributed by atoms with Crippen LogP contribution in [0.2, 0.25) is 0 Å². The molecule has 1 amide bonds. The van der Waals surface area contributed by atoms with Crippen LogP contribution in [0.5, 0.6) is 0 Å². The largest absolute Gasteiger partial charge is 0.435 e. The average molecular weight is 435 g/mol. The number of aromatic nitrogens is 4. The summed E-state index contributed by atoms with van der Waals surface area (Å²) in [5.41, 5.74) is 0.610. The lowest BCUT2D eigenvalue weighted by molar-refractivity contribution is -0.142. The molecule has 2 aromatic heterocycles. The Morgan fingerprint density at radius 3 is 2.68 bits per heavy atom. The van der Waals surface area contributed by atoms with Crippen LogP contribution in [0.4, 0.5) is 23.2 Å². The molecule has 1 aliphatic rings. The lowest BCUT2D eigenvalue weighted by Crippen LogP contribution is -2.21. The van der Waals surface area contributed by atoms with E-state index in [0.29, 0.717) is 36.2 Å². The lowest BCUT2D eigenvalue weighted by Gasteiger charge is -2.07. The minimum absolute atomic E-state index is 0.185. The summed E-state index contributed by atoms with van der Waals surface area (Å²) in [5, 5.41) is 10.4. The Bertz CT molecular complexity index is 1090. The zero-order chi connectivity index (χ0) is 22.0. The van der Waals surface area contributed by atoms with Gasteiger partial charge in [-0.25, -0.2) is 4.39 Å². The Labute approximate surface area is 175 Å². The number of nitrogens with zero attached hydrogens (tertiary/aromatic N) is 4. The van der Waals surface area contributed by atoms with Crippen LogP contribution in [0.3, 0.4) is 0 Å². The van der Waals surface area contributed by atoms with Crippen molar-refractivity contribution in [2.45, 2.75) is 51.4 Å². The minimum Gasteiger partial charge on any atom is -0.322 e. The Morgan fingerprint density at radius 2 is 1.90 bits per heavy atom. The van der Waals surface area contributed by atoms with E-state index in [1.165, 1.54) is 27.8 Å². The Balaban J connectivity index is 1.47. The predicted molar refractivity (Wildman–Crippen MR) is 105 cm³/mol. The summed E-state index contributed by atoms with van der Waals surface area (Å²) in [5.74, 6) is -0.864. The highest BCUT2D eigenvalue weighted by Crippen LogP contribution is 2.35. The molecule has 0 saturated heterocycles. The molecule has 0 unspecified atom stereocenters. The Morgan fingerprint density at radius 1 is 1.13 bits per heavy atom. The van der Waals surface area contributed by atoms with Gasteiger partial charge in [0.2, 0.25) is 5.91 Å². The third-order valence-electron chi connectivity index (χ3n) is 5.28. The second-order valence-electron chi connectivity index (χ2n) is 7.56. The fourth-order valence-electron chi connectivity index (χ4n) is 3.86. The molecule has 10 heteroatoms. The van der Waals surface area contributed by atoms with Gasteiger partial charge in [-0.05, 0) is 31.7 Å². The number of nitrogens with one attached hydrogen (secondary N) is 1. The van der Waals surface area contributed by atoms with Gasteiger partial charge in [0.1, 0.15) is 12.4 Å². The summed E-state index contributed by atoms with van der Waals surface area (Å²) in [4.78, 5) is 12.5. The molecule has 2 heterocycles. The quantitative estimate of drug-likeness (QED) is 0.483. The van der Waals surface area contributed by atoms with E-state index in [-0.39, 0.29) is 24.5 Å². The van der Waals surface area contributed by atoms with Crippen molar-refractivity contribution in [2.24, 2.45) is 0 Å². The van der Waals surface area contributed by atoms with Crippen molar-refractivity contribution in [3.63, 3.8) is 0 Å². The summed E-state index contributed by atoms with van der Waals surface area (Å²) in [7, 11) is 0. The number of benzene rings is 1. The maximum Gasteiger partial charge on any atom is 0.435 e. The first-order chi connectivity index (χ1) is 14.8. The molecule has 0 bridgehead atoms. The highest BCUT2D eigenvalue weighted by Gasteiger charge is 2.39. The normalized spacial score (nSPS) is 14.2. The molecule has 0 atom stereocenters. The van der Waals surface area contributed by atoms with Gasteiger partial charge in [0.15, 0.2) is 5.69 Å². The van der Waals surface area contributed by atoms with Gasteiger partial charge in [-0.3, -0.25) is 14.2 Å². The van der Waals surface area contributed by atoms with Gasteiger partial charge in [0.05, 0.1) is 18.4 Å². The summed E-state index contributed by atoms with van der Waals surface area (Å²) >= 11 is 0. The number of halogens is 4. The predicted octanol–water partition coefficient (Wildman–Crippen LogP) is 4.19. The molecule has 0 fully saturated rings. The standard InChI is InChI=1S/C21H21F4N5O/c22-17-8-5-4-6-14(17)11-29-12-15(10-26-29)27-19(31)13-30-18-9-3-1-2-7-16(18)20(28-30)21(23,24)25/h4-6,8,10,12H,1-3,7,9,11,13H2,(H,27,31). The Hall–Kier alpha value is -3.17. The van der Waals surface area contributed by atoms with Crippen LogP contribution in [-0.2, 0) is 36.9 Å². The number of hydrogen-bond donors (Lipinski definition) is 1. The monoisotopic (exact) mass is 435 g/mol. The van der Waals surface area contributed by atoms with Gasteiger partial charge >= 0.3 is 6.18 Å². The van der Waals surface area contributed by atoms with Crippen molar-refractivity contribution in [3.05, 3.63) is 65.0 Å². The highest BCUT2D eigenvalue weighted by molar-refractivity contribution is 5.90. The summed E-state index contributed by atoms with van der Waals surface area (Å²) in [6, 6.07) is 6.29. The number of rotatable bonds is 5. The molecule has 0 saturated carbocycles. The molecule has 31 heavy (non-hydrogen) atoms. The molecule has 1 aromatic carbocycles. The fourth-order valence-corrected chi connectivity index (χ4v) is 3.86. The summed E-state index contributed by atoms with van der Waals surface area (Å²) in [6.07, 6.45) is 1.46. The third-order valence-corrected chi connectivity index (χ3v) is 5.28. The number of amides is 1. The minimum atomic E-state index is -4.55. The van der Waals surface area contributed by atoms with E-state index in [2.05, 4.69) is 15.5 Å². The number of carbonyl (C=O) groups is 1. The van der Waals surface area contributed by atoms with Crippen molar-refractivity contribution >= 4 is 11.6 Å². The van der Waals surface area contributed by atoms with Gasteiger partial charge in [0, 0.05) is 23.0 Å². The zero-order valence-electron chi connectivity index (χ0n) is 16.6. The summed E-state index contributed by atoms with van der Waals surface area (Å²) < 4.78 is 56.6. The molecule has 3 aromatic rings. The van der Waals surface area contributed by atoms with Crippen molar-refractivity contribution < 1.29 is 22.4 Å². The van der Waals surface area contributed by atoms with E-state index in [4.69, 9.17) is 0 Å². The lowest BCUT2D eigenvalue weighted by atomic mass is 10.1. The van der Waals surface area contributed by atoms with Gasteiger partial charge < -0.3 is 5.32 Å². The van der Waals surface area contributed by atoms with Crippen molar-refractivity contribution in [3.8, 4) is 0 Å². The number of alkyl halides is 3.